The van der Waals surface area contributed by atoms with Gasteiger partial charge in [-0.1, -0.05) is 17.7 Å². The molecule has 0 bridgehead atoms. The molecule has 1 aliphatic rings. The van der Waals surface area contributed by atoms with Crippen LogP contribution in [-0.4, -0.2) is 20.3 Å². The minimum Gasteiger partial charge on any atom is -0.381 e. The molecule has 0 radical (unpaired) electrons. The average Bonchev–Trinajstić information content (AvgIpc) is 2.38. The molecule has 1 aromatic rings. The van der Waals surface area contributed by atoms with Gasteiger partial charge in [-0.25, -0.2) is 0 Å². The van der Waals surface area contributed by atoms with Gasteiger partial charge in [0.2, 0.25) is 0 Å². The predicted molar refractivity (Wildman–Crippen MR) is 76.3 cm³/mol. The lowest BCUT2D eigenvalue weighted by molar-refractivity contribution is 0.0402. The Bertz CT molecular complexity index is 413. The van der Waals surface area contributed by atoms with Crippen molar-refractivity contribution in [1.29, 1.82) is 0 Å². The van der Waals surface area contributed by atoms with Crippen LogP contribution in [0, 0.1) is 19.8 Å². The van der Waals surface area contributed by atoms with Gasteiger partial charge in [0.05, 0.1) is 6.61 Å². The van der Waals surface area contributed by atoms with E-state index in [0.717, 1.165) is 24.7 Å². The number of aryl methyl sites for hydroxylation is 2. The first-order valence-corrected chi connectivity index (χ1v) is 7.03. The largest absolute Gasteiger partial charge is 0.381 e. The van der Waals surface area contributed by atoms with E-state index in [1.807, 2.05) is 7.05 Å². The quantitative estimate of drug-likeness (QED) is 0.903. The van der Waals surface area contributed by atoms with Crippen molar-refractivity contribution >= 4 is 11.6 Å². The van der Waals surface area contributed by atoms with Crippen molar-refractivity contribution in [2.75, 3.05) is 20.3 Å². The summed E-state index contributed by atoms with van der Waals surface area (Å²) in [7, 11) is 2.00. The van der Waals surface area contributed by atoms with Crippen molar-refractivity contribution in [3.05, 3.63) is 33.8 Å². The lowest BCUT2D eigenvalue weighted by Gasteiger charge is -2.31. The van der Waals surface area contributed by atoms with Crippen molar-refractivity contribution in [1.82, 2.24) is 5.32 Å². The van der Waals surface area contributed by atoms with Crippen LogP contribution < -0.4 is 5.32 Å². The Morgan fingerprint density at radius 2 is 2.06 bits per heavy atom. The number of hydrogen-bond donors (Lipinski definition) is 1. The van der Waals surface area contributed by atoms with Crippen LogP contribution in [0.1, 0.15) is 35.6 Å². The summed E-state index contributed by atoms with van der Waals surface area (Å²) >= 11 is 6.41. The van der Waals surface area contributed by atoms with Gasteiger partial charge in [0.15, 0.2) is 0 Å². The highest BCUT2D eigenvalue weighted by atomic mass is 35.5. The maximum absolute atomic E-state index is 6.41. The summed E-state index contributed by atoms with van der Waals surface area (Å²) in [6.45, 7) is 5.96. The molecule has 0 aromatic heterocycles. The zero-order chi connectivity index (χ0) is 13.1. The van der Waals surface area contributed by atoms with E-state index in [1.54, 1.807) is 0 Å². The molecular weight excluding hydrogens is 246 g/mol. The third-order valence-electron chi connectivity index (χ3n) is 3.93. The Labute approximate surface area is 115 Å². The van der Waals surface area contributed by atoms with E-state index in [9.17, 15) is 0 Å². The molecule has 0 aliphatic carbocycles. The van der Waals surface area contributed by atoms with E-state index >= 15 is 0 Å². The molecule has 18 heavy (non-hydrogen) atoms. The number of benzene rings is 1. The first kappa shape index (κ1) is 13.9. The monoisotopic (exact) mass is 267 g/mol. The van der Waals surface area contributed by atoms with Crippen molar-refractivity contribution in [2.45, 2.75) is 32.7 Å². The second-order valence-corrected chi connectivity index (χ2v) is 5.61. The standard InChI is InChI=1S/C15H22ClNO/c1-10-7-13(14(16)8-11(10)2)15(17-3)12-5-4-6-18-9-12/h7-8,12,15,17H,4-6,9H2,1-3H3. The summed E-state index contributed by atoms with van der Waals surface area (Å²) in [5, 5.41) is 4.28. The highest BCUT2D eigenvalue weighted by Gasteiger charge is 2.26. The first-order valence-electron chi connectivity index (χ1n) is 6.65. The SMILES string of the molecule is CNC(c1cc(C)c(C)cc1Cl)C1CCCOC1. The minimum atomic E-state index is 0.289. The fourth-order valence-corrected chi connectivity index (χ4v) is 3.05. The van der Waals surface area contributed by atoms with Crippen molar-refractivity contribution in [2.24, 2.45) is 5.92 Å². The molecule has 1 saturated heterocycles. The number of hydrogen-bond acceptors (Lipinski definition) is 2. The molecule has 3 heteroatoms. The van der Waals surface area contributed by atoms with Crippen molar-refractivity contribution in [3.8, 4) is 0 Å². The van der Waals surface area contributed by atoms with Crippen LogP contribution in [0.5, 0.6) is 0 Å². The molecule has 1 aliphatic heterocycles. The van der Waals surface area contributed by atoms with E-state index in [4.69, 9.17) is 16.3 Å². The first-order chi connectivity index (χ1) is 8.63. The van der Waals surface area contributed by atoms with Crippen LogP contribution in [-0.2, 0) is 4.74 Å². The Morgan fingerprint density at radius 3 is 2.67 bits per heavy atom. The Balaban J connectivity index is 2.28. The average molecular weight is 268 g/mol. The van der Waals surface area contributed by atoms with E-state index in [0.29, 0.717) is 5.92 Å². The Hall–Kier alpha value is -0.570. The molecule has 0 saturated carbocycles. The number of halogens is 1. The second-order valence-electron chi connectivity index (χ2n) is 5.20. The summed E-state index contributed by atoms with van der Waals surface area (Å²) in [4.78, 5) is 0. The molecule has 100 valence electrons. The predicted octanol–water partition coefficient (Wildman–Crippen LogP) is 3.64. The van der Waals surface area contributed by atoms with Gasteiger partial charge in [-0.05, 0) is 56.5 Å². The third kappa shape index (κ3) is 2.87. The van der Waals surface area contributed by atoms with Crippen LogP contribution in [0.4, 0.5) is 0 Å². The summed E-state index contributed by atoms with van der Waals surface area (Å²) in [6.07, 6.45) is 2.35. The van der Waals surface area contributed by atoms with Gasteiger partial charge < -0.3 is 10.1 Å². The van der Waals surface area contributed by atoms with Gasteiger partial charge in [0, 0.05) is 23.6 Å². The van der Waals surface area contributed by atoms with Gasteiger partial charge in [-0.3, -0.25) is 0 Å². The molecule has 1 aromatic carbocycles. The molecule has 0 spiro atoms. The fraction of sp³-hybridized carbons (Fsp3) is 0.600. The van der Waals surface area contributed by atoms with Crippen LogP contribution in [0.15, 0.2) is 12.1 Å². The maximum Gasteiger partial charge on any atom is 0.0512 e. The van der Waals surface area contributed by atoms with Gasteiger partial charge >= 0.3 is 0 Å². The summed E-state index contributed by atoms with van der Waals surface area (Å²) in [6, 6.07) is 4.57. The third-order valence-corrected chi connectivity index (χ3v) is 4.25. The van der Waals surface area contributed by atoms with Crippen molar-refractivity contribution < 1.29 is 4.74 Å². The molecular formula is C15H22ClNO. The molecule has 1 heterocycles. The summed E-state index contributed by atoms with van der Waals surface area (Å²) in [5.74, 6) is 0.517. The fourth-order valence-electron chi connectivity index (χ4n) is 2.72. The molecule has 2 atom stereocenters. The molecule has 0 amide bonds. The topological polar surface area (TPSA) is 21.3 Å². The normalized spacial score (nSPS) is 21.9. The minimum absolute atomic E-state index is 0.289. The zero-order valence-corrected chi connectivity index (χ0v) is 12.2. The zero-order valence-electron chi connectivity index (χ0n) is 11.4. The van der Waals surface area contributed by atoms with Crippen LogP contribution >= 0.6 is 11.6 Å². The summed E-state index contributed by atoms with van der Waals surface area (Å²) < 4.78 is 5.60. The van der Waals surface area contributed by atoms with E-state index in [-0.39, 0.29) is 6.04 Å². The van der Waals surface area contributed by atoms with E-state index in [1.165, 1.54) is 23.1 Å². The van der Waals surface area contributed by atoms with Crippen LogP contribution in [0.3, 0.4) is 0 Å². The van der Waals surface area contributed by atoms with Gasteiger partial charge in [0.25, 0.3) is 0 Å². The molecule has 2 unspecified atom stereocenters. The molecule has 2 nitrogen and oxygen atoms in total. The lowest BCUT2D eigenvalue weighted by Crippen LogP contribution is -2.31. The number of rotatable bonds is 3. The van der Waals surface area contributed by atoms with E-state index < -0.39 is 0 Å². The highest BCUT2D eigenvalue weighted by Crippen LogP contribution is 2.34. The highest BCUT2D eigenvalue weighted by molar-refractivity contribution is 6.31. The summed E-state index contributed by atoms with van der Waals surface area (Å²) in [5.41, 5.74) is 3.75. The number of nitrogens with one attached hydrogen (secondary N) is 1. The second kappa shape index (κ2) is 6.05. The van der Waals surface area contributed by atoms with Gasteiger partial charge in [0.1, 0.15) is 0 Å². The lowest BCUT2D eigenvalue weighted by atomic mass is 9.87. The molecule has 1 N–H and O–H groups in total. The van der Waals surface area contributed by atoms with Crippen LogP contribution in [0.25, 0.3) is 0 Å². The number of ether oxygens (including phenoxy) is 1. The van der Waals surface area contributed by atoms with E-state index in [2.05, 4.69) is 31.3 Å². The Kier molecular flexibility index (Phi) is 4.66. The van der Waals surface area contributed by atoms with Gasteiger partial charge in [-0.2, -0.15) is 0 Å². The van der Waals surface area contributed by atoms with Crippen molar-refractivity contribution in [3.63, 3.8) is 0 Å². The van der Waals surface area contributed by atoms with Gasteiger partial charge in [-0.15, -0.1) is 0 Å². The molecule has 1 fully saturated rings. The Morgan fingerprint density at radius 1 is 1.33 bits per heavy atom. The molecule has 2 rings (SSSR count). The van der Waals surface area contributed by atoms with Crippen LogP contribution in [0.2, 0.25) is 5.02 Å². The smallest absolute Gasteiger partial charge is 0.0512 e. The maximum atomic E-state index is 6.41.